The molecule has 0 aromatic heterocycles. The number of primary amides is 1. The van der Waals surface area contributed by atoms with Crippen molar-refractivity contribution in [3.8, 4) is 0 Å². The van der Waals surface area contributed by atoms with Crippen LogP contribution in [0.15, 0.2) is 0 Å². The van der Waals surface area contributed by atoms with Gasteiger partial charge in [0, 0.05) is 19.1 Å². The van der Waals surface area contributed by atoms with Crippen LogP contribution >= 0.6 is 0 Å². The van der Waals surface area contributed by atoms with Gasteiger partial charge in [-0.2, -0.15) is 0 Å². The van der Waals surface area contributed by atoms with Crippen molar-refractivity contribution in [2.24, 2.45) is 17.6 Å². The lowest BCUT2D eigenvalue weighted by molar-refractivity contribution is -0.124. The van der Waals surface area contributed by atoms with Crippen LogP contribution in [0.4, 0.5) is 0 Å². The molecule has 21 heavy (non-hydrogen) atoms. The second-order valence-electron chi connectivity index (χ2n) is 7.64. The monoisotopic (exact) mass is 295 g/mol. The first-order valence-corrected chi connectivity index (χ1v) is 8.70. The van der Waals surface area contributed by atoms with Gasteiger partial charge in [-0.25, -0.2) is 0 Å². The van der Waals surface area contributed by atoms with E-state index in [2.05, 4.69) is 24.1 Å². The topological polar surface area (TPSA) is 58.4 Å². The molecule has 1 aliphatic heterocycles. The molecule has 2 rings (SSSR count). The quantitative estimate of drug-likeness (QED) is 0.789. The minimum Gasteiger partial charge on any atom is -0.368 e. The molecular weight excluding hydrogens is 262 g/mol. The van der Waals surface area contributed by atoms with Gasteiger partial charge in [0.1, 0.15) is 0 Å². The SMILES string of the molecule is CC(C)NC(C)(CCN1CCC2CCCCC2C1)C(N)=O. The van der Waals surface area contributed by atoms with Crippen molar-refractivity contribution in [2.75, 3.05) is 19.6 Å². The van der Waals surface area contributed by atoms with Gasteiger partial charge in [0.25, 0.3) is 0 Å². The highest BCUT2D eigenvalue weighted by Gasteiger charge is 2.34. The lowest BCUT2D eigenvalue weighted by Gasteiger charge is -2.42. The molecule has 3 atom stereocenters. The van der Waals surface area contributed by atoms with Crippen LogP contribution in [0.3, 0.4) is 0 Å². The number of fused-ring (bicyclic) bond motifs is 1. The first-order valence-electron chi connectivity index (χ1n) is 8.70. The van der Waals surface area contributed by atoms with E-state index in [-0.39, 0.29) is 11.9 Å². The van der Waals surface area contributed by atoms with Crippen LogP contribution in [-0.2, 0) is 4.79 Å². The highest BCUT2D eigenvalue weighted by molar-refractivity contribution is 5.84. The summed E-state index contributed by atoms with van der Waals surface area (Å²) in [5, 5.41) is 3.35. The summed E-state index contributed by atoms with van der Waals surface area (Å²) in [6, 6.07) is 0.270. The number of hydrogen-bond acceptors (Lipinski definition) is 3. The molecule has 1 aliphatic carbocycles. The fraction of sp³-hybridized carbons (Fsp3) is 0.941. The van der Waals surface area contributed by atoms with Crippen LogP contribution in [0.25, 0.3) is 0 Å². The zero-order valence-corrected chi connectivity index (χ0v) is 14.0. The minimum atomic E-state index is -0.586. The third-order valence-electron chi connectivity index (χ3n) is 5.45. The largest absolute Gasteiger partial charge is 0.368 e. The maximum Gasteiger partial charge on any atom is 0.237 e. The Morgan fingerprint density at radius 2 is 1.95 bits per heavy atom. The Hall–Kier alpha value is -0.610. The molecule has 3 N–H and O–H groups in total. The standard InChI is InChI=1S/C17H33N3O/c1-13(2)19-17(3,16(18)21)9-11-20-10-8-14-6-4-5-7-15(14)12-20/h13-15,19H,4-12H2,1-3H3,(H2,18,21). The number of nitrogens with zero attached hydrogens (tertiary/aromatic N) is 1. The van der Waals surface area contributed by atoms with E-state index in [1.165, 1.54) is 45.2 Å². The maximum atomic E-state index is 11.8. The molecule has 1 saturated heterocycles. The molecule has 4 nitrogen and oxygen atoms in total. The molecule has 0 aromatic rings. The van der Waals surface area contributed by atoms with Gasteiger partial charge < -0.3 is 16.0 Å². The van der Waals surface area contributed by atoms with E-state index in [9.17, 15) is 4.79 Å². The molecule has 3 unspecified atom stereocenters. The lowest BCUT2D eigenvalue weighted by atomic mass is 9.75. The summed E-state index contributed by atoms with van der Waals surface area (Å²) in [7, 11) is 0. The van der Waals surface area contributed by atoms with Gasteiger partial charge in [0.05, 0.1) is 5.54 Å². The Balaban J connectivity index is 1.85. The van der Waals surface area contributed by atoms with Crippen molar-refractivity contribution in [3.05, 3.63) is 0 Å². The summed E-state index contributed by atoms with van der Waals surface area (Å²) in [5.74, 6) is 1.63. The average molecular weight is 295 g/mol. The lowest BCUT2D eigenvalue weighted by Crippen LogP contribution is -2.57. The van der Waals surface area contributed by atoms with Crippen LogP contribution in [0.1, 0.15) is 59.3 Å². The minimum absolute atomic E-state index is 0.233. The van der Waals surface area contributed by atoms with Crippen LogP contribution in [0.2, 0.25) is 0 Å². The number of carbonyl (C=O) groups is 1. The molecule has 0 aromatic carbocycles. The first-order chi connectivity index (χ1) is 9.90. The molecule has 122 valence electrons. The Labute approximate surface area is 129 Å². The number of amides is 1. The second-order valence-corrected chi connectivity index (χ2v) is 7.64. The smallest absolute Gasteiger partial charge is 0.237 e. The highest BCUT2D eigenvalue weighted by atomic mass is 16.1. The number of carbonyl (C=O) groups excluding carboxylic acids is 1. The number of rotatable bonds is 6. The van der Waals surface area contributed by atoms with Gasteiger partial charge in [-0.15, -0.1) is 0 Å². The number of hydrogen-bond donors (Lipinski definition) is 2. The first kappa shape index (κ1) is 16.8. The zero-order chi connectivity index (χ0) is 15.5. The van der Waals surface area contributed by atoms with Crippen molar-refractivity contribution in [1.29, 1.82) is 0 Å². The van der Waals surface area contributed by atoms with Crippen molar-refractivity contribution in [2.45, 2.75) is 70.9 Å². The third-order valence-corrected chi connectivity index (χ3v) is 5.45. The van der Waals surface area contributed by atoms with E-state index in [1.807, 2.05) is 6.92 Å². The van der Waals surface area contributed by atoms with Crippen molar-refractivity contribution in [1.82, 2.24) is 10.2 Å². The number of nitrogens with two attached hydrogens (primary N) is 1. The average Bonchev–Trinajstić information content (AvgIpc) is 2.44. The molecule has 2 fully saturated rings. The molecule has 4 heteroatoms. The second kappa shape index (κ2) is 7.10. The zero-order valence-electron chi connectivity index (χ0n) is 14.0. The Bertz CT molecular complexity index is 358. The van der Waals surface area contributed by atoms with E-state index in [0.29, 0.717) is 0 Å². The normalized spacial score (nSPS) is 29.9. The predicted octanol–water partition coefficient (Wildman–Crippen LogP) is 2.13. The van der Waals surface area contributed by atoms with Gasteiger partial charge in [-0.1, -0.05) is 19.3 Å². The fourth-order valence-corrected chi connectivity index (χ4v) is 4.16. The van der Waals surface area contributed by atoms with Gasteiger partial charge in [-0.3, -0.25) is 4.79 Å². The summed E-state index contributed by atoms with van der Waals surface area (Å²) in [4.78, 5) is 14.3. The van der Waals surface area contributed by atoms with Gasteiger partial charge in [0.2, 0.25) is 5.91 Å². The number of nitrogens with one attached hydrogen (secondary N) is 1. The number of likely N-dealkylation sites (tertiary alicyclic amines) is 1. The van der Waals surface area contributed by atoms with Crippen LogP contribution < -0.4 is 11.1 Å². The Morgan fingerprint density at radius 3 is 2.57 bits per heavy atom. The molecule has 1 heterocycles. The van der Waals surface area contributed by atoms with Gasteiger partial charge >= 0.3 is 0 Å². The van der Waals surface area contributed by atoms with E-state index >= 15 is 0 Å². The molecule has 0 bridgehead atoms. The third kappa shape index (κ3) is 4.43. The van der Waals surface area contributed by atoms with E-state index in [0.717, 1.165) is 24.8 Å². The van der Waals surface area contributed by atoms with Gasteiger partial charge in [-0.05, 0) is 58.4 Å². The van der Waals surface area contributed by atoms with E-state index in [1.54, 1.807) is 0 Å². The molecular formula is C17H33N3O. The molecule has 0 spiro atoms. The van der Waals surface area contributed by atoms with Crippen molar-refractivity contribution in [3.63, 3.8) is 0 Å². The van der Waals surface area contributed by atoms with E-state index < -0.39 is 5.54 Å². The maximum absolute atomic E-state index is 11.8. The highest BCUT2D eigenvalue weighted by Crippen LogP contribution is 2.36. The summed E-state index contributed by atoms with van der Waals surface area (Å²) >= 11 is 0. The predicted molar refractivity (Wildman–Crippen MR) is 87.0 cm³/mol. The molecule has 1 saturated carbocycles. The van der Waals surface area contributed by atoms with Gasteiger partial charge in [0.15, 0.2) is 0 Å². The molecule has 1 amide bonds. The summed E-state index contributed by atoms with van der Waals surface area (Å²) in [6.45, 7) is 9.47. The van der Waals surface area contributed by atoms with Crippen molar-refractivity contribution >= 4 is 5.91 Å². The Kier molecular flexibility index (Phi) is 5.67. The van der Waals surface area contributed by atoms with E-state index in [4.69, 9.17) is 5.73 Å². The molecule has 2 aliphatic rings. The van der Waals surface area contributed by atoms with Crippen LogP contribution in [-0.4, -0.2) is 42.0 Å². The van der Waals surface area contributed by atoms with Crippen LogP contribution in [0.5, 0.6) is 0 Å². The van der Waals surface area contributed by atoms with Crippen LogP contribution in [0, 0.1) is 11.8 Å². The fourth-order valence-electron chi connectivity index (χ4n) is 4.16. The number of piperidine rings is 1. The summed E-state index contributed by atoms with van der Waals surface area (Å²) in [6.07, 6.45) is 7.82. The van der Waals surface area contributed by atoms with Crippen molar-refractivity contribution < 1.29 is 4.79 Å². The summed E-state index contributed by atoms with van der Waals surface area (Å²) < 4.78 is 0. The molecule has 0 radical (unpaired) electrons. The summed E-state index contributed by atoms with van der Waals surface area (Å²) in [5.41, 5.74) is 5.04. The Morgan fingerprint density at radius 1 is 1.29 bits per heavy atom.